The second kappa shape index (κ2) is 4.57. The predicted molar refractivity (Wildman–Crippen MR) is 52.9 cm³/mol. The van der Waals surface area contributed by atoms with Gasteiger partial charge in [-0.2, -0.15) is 0 Å². The van der Waals surface area contributed by atoms with Crippen LogP contribution in [0.2, 0.25) is 0 Å². The first-order valence-corrected chi connectivity index (χ1v) is 4.26. The first-order valence-electron chi connectivity index (χ1n) is 4.26. The van der Waals surface area contributed by atoms with Gasteiger partial charge in [-0.25, -0.2) is 0 Å². The van der Waals surface area contributed by atoms with Crippen molar-refractivity contribution >= 4 is 11.6 Å². The van der Waals surface area contributed by atoms with Crippen molar-refractivity contribution in [3.05, 3.63) is 24.0 Å². The Morgan fingerprint density at radius 3 is 3.07 bits per heavy atom. The van der Waals surface area contributed by atoms with E-state index in [4.69, 9.17) is 10.8 Å². The summed E-state index contributed by atoms with van der Waals surface area (Å²) in [6.07, 6.45) is 2.95. The van der Waals surface area contributed by atoms with E-state index in [-0.39, 0.29) is 12.6 Å². The highest BCUT2D eigenvalue weighted by atomic mass is 16.3. The Morgan fingerprint density at radius 1 is 1.79 bits per heavy atom. The molecule has 1 heterocycles. The van der Waals surface area contributed by atoms with Gasteiger partial charge in [0, 0.05) is 18.4 Å². The molecule has 0 bridgehead atoms. The zero-order valence-electron chi connectivity index (χ0n) is 7.90. The van der Waals surface area contributed by atoms with Gasteiger partial charge in [0.25, 0.3) is 5.91 Å². The second-order valence-electron chi connectivity index (χ2n) is 3.01. The SMILES string of the molecule is C[C@@H](CO)Nc1ccncc1C(N)=O. The number of amides is 1. The van der Waals surface area contributed by atoms with Gasteiger partial charge in [0.2, 0.25) is 0 Å². The van der Waals surface area contributed by atoms with Crippen LogP contribution in [0.1, 0.15) is 17.3 Å². The Balaban J connectivity index is 2.90. The largest absolute Gasteiger partial charge is 0.394 e. The number of nitrogens with zero attached hydrogens (tertiary/aromatic N) is 1. The molecule has 1 rings (SSSR count). The third-order valence-corrected chi connectivity index (χ3v) is 1.76. The number of pyridine rings is 1. The Labute approximate surface area is 82.0 Å². The molecule has 0 aliphatic carbocycles. The number of aromatic nitrogens is 1. The summed E-state index contributed by atoms with van der Waals surface area (Å²) in [6.45, 7) is 1.78. The molecule has 0 saturated heterocycles. The number of nitrogens with two attached hydrogens (primary N) is 1. The molecule has 1 aromatic heterocycles. The molecule has 4 N–H and O–H groups in total. The highest BCUT2D eigenvalue weighted by Crippen LogP contribution is 2.13. The highest BCUT2D eigenvalue weighted by molar-refractivity contribution is 5.98. The number of carbonyl (C=O) groups is 1. The van der Waals surface area contributed by atoms with Crippen LogP contribution in [-0.4, -0.2) is 28.6 Å². The van der Waals surface area contributed by atoms with Gasteiger partial charge in [0.1, 0.15) is 0 Å². The smallest absolute Gasteiger partial charge is 0.252 e. The van der Waals surface area contributed by atoms with Crippen LogP contribution in [0.3, 0.4) is 0 Å². The molecule has 0 radical (unpaired) electrons. The minimum Gasteiger partial charge on any atom is -0.394 e. The van der Waals surface area contributed by atoms with Gasteiger partial charge in [-0.1, -0.05) is 0 Å². The molecule has 0 unspecified atom stereocenters. The lowest BCUT2D eigenvalue weighted by Gasteiger charge is -2.13. The molecule has 0 spiro atoms. The summed E-state index contributed by atoms with van der Waals surface area (Å²) in [7, 11) is 0. The molecule has 0 aromatic carbocycles. The molecule has 1 aromatic rings. The highest BCUT2D eigenvalue weighted by Gasteiger charge is 2.09. The van der Waals surface area contributed by atoms with Crippen molar-refractivity contribution < 1.29 is 9.90 Å². The Bertz CT molecular complexity index is 328. The van der Waals surface area contributed by atoms with Crippen LogP contribution >= 0.6 is 0 Å². The molecule has 14 heavy (non-hydrogen) atoms. The van der Waals surface area contributed by atoms with Crippen molar-refractivity contribution in [2.24, 2.45) is 5.73 Å². The predicted octanol–water partition coefficient (Wildman–Crippen LogP) is -0.0268. The maximum Gasteiger partial charge on any atom is 0.252 e. The number of nitrogens with one attached hydrogen (secondary N) is 1. The van der Waals surface area contributed by atoms with Crippen LogP contribution < -0.4 is 11.1 Å². The van der Waals surface area contributed by atoms with E-state index in [0.717, 1.165) is 0 Å². The number of carbonyl (C=O) groups excluding carboxylic acids is 1. The lowest BCUT2D eigenvalue weighted by Crippen LogP contribution is -2.22. The number of aliphatic hydroxyl groups excluding tert-OH is 1. The van der Waals surface area contributed by atoms with E-state index in [1.165, 1.54) is 6.20 Å². The average Bonchev–Trinajstić information content (AvgIpc) is 2.18. The van der Waals surface area contributed by atoms with E-state index in [0.29, 0.717) is 11.3 Å². The number of aliphatic hydroxyl groups is 1. The molecular weight excluding hydrogens is 182 g/mol. The fourth-order valence-corrected chi connectivity index (χ4v) is 1.03. The van der Waals surface area contributed by atoms with Crippen LogP contribution in [-0.2, 0) is 0 Å². The molecule has 0 aliphatic rings. The van der Waals surface area contributed by atoms with E-state index >= 15 is 0 Å². The van der Waals surface area contributed by atoms with Crippen molar-refractivity contribution in [1.82, 2.24) is 4.98 Å². The van der Waals surface area contributed by atoms with Crippen molar-refractivity contribution in [3.8, 4) is 0 Å². The number of hydrogen-bond acceptors (Lipinski definition) is 4. The summed E-state index contributed by atoms with van der Waals surface area (Å²) in [6, 6.07) is 1.52. The third kappa shape index (κ3) is 2.43. The Hall–Kier alpha value is -1.62. The van der Waals surface area contributed by atoms with Crippen LogP contribution in [0.15, 0.2) is 18.5 Å². The normalized spacial score (nSPS) is 12.1. The summed E-state index contributed by atoms with van der Waals surface area (Å²) >= 11 is 0. The van der Waals surface area contributed by atoms with E-state index in [1.54, 1.807) is 19.2 Å². The van der Waals surface area contributed by atoms with Gasteiger partial charge in [-0.3, -0.25) is 9.78 Å². The molecule has 1 atom stereocenters. The van der Waals surface area contributed by atoms with E-state index < -0.39 is 5.91 Å². The summed E-state index contributed by atoms with van der Waals surface area (Å²) in [4.78, 5) is 14.8. The van der Waals surface area contributed by atoms with Gasteiger partial charge < -0.3 is 16.2 Å². The van der Waals surface area contributed by atoms with Crippen molar-refractivity contribution in [2.75, 3.05) is 11.9 Å². The van der Waals surface area contributed by atoms with Crippen molar-refractivity contribution in [1.29, 1.82) is 0 Å². The molecule has 0 aliphatic heterocycles. The molecule has 0 fully saturated rings. The van der Waals surface area contributed by atoms with Crippen molar-refractivity contribution in [3.63, 3.8) is 0 Å². The standard InChI is InChI=1S/C9H13N3O2/c1-6(5-13)12-8-2-3-11-4-7(8)9(10)14/h2-4,6,13H,5H2,1H3,(H2,10,14)(H,11,12)/t6-/m0/s1. The lowest BCUT2D eigenvalue weighted by molar-refractivity contribution is 0.100. The quantitative estimate of drug-likeness (QED) is 0.629. The van der Waals surface area contributed by atoms with Crippen LogP contribution in [0.4, 0.5) is 5.69 Å². The summed E-state index contributed by atoms with van der Waals surface area (Å²) in [5, 5.41) is 11.8. The molecular formula is C9H13N3O2. The zero-order chi connectivity index (χ0) is 10.6. The fraction of sp³-hybridized carbons (Fsp3) is 0.333. The van der Waals surface area contributed by atoms with E-state index in [9.17, 15) is 4.79 Å². The number of rotatable bonds is 4. The van der Waals surface area contributed by atoms with Crippen LogP contribution in [0.25, 0.3) is 0 Å². The fourth-order valence-electron chi connectivity index (χ4n) is 1.03. The second-order valence-corrected chi connectivity index (χ2v) is 3.01. The number of primary amides is 1. The maximum atomic E-state index is 11.0. The first kappa shape index (κ1) is 10.5. The monoisotopic (exact) mass is 195 g/mol. The summed E-state index contributed by atoms with van der Waals surface area (Å²) < 4.78 is 0. The van der Waals surface area contributed by atoms with Gasteiger partial charge >= 0.3 is 0 Å². The van der Waals surface area contributed by atoms with Gasteiger partial charge in [0.15, 0.2) is 0 Å². The molecule has 0 saturated carbocycles. The van der Waals surface area contributed by atoms with Crippen molar-refractivity contribution in [2.45, 2.75) is 13.0 Å². The van der Waals surface area contributed by atoms with E-state index in [2.05, 4.69) is 10.3 Å². The molecule has 5 heteroatoms. The molecule has 5 nitrogen and oxygen atoms in total. The summed E-state index contributed by atoms with van der Waals surface area (Å²) in [5.74, 6) is -0.536. The van der Waals surface area contributed by atoms with Crippen LogP contribution in [0, 0.1) is 0 Å². The maximum absolute atomic E-state index is 11.0. The Kier molecular flexibility index (Phi) is 3.41. The average molecular weight is 195 g/mol. The molecule has 1 amide bonds. The van der Waals surface area contributed by atoms with Gasteiger partial charge in [-0.15, -0.1) is 0 Å². The van der Waals surface area contributed by atoms with E-state index in [1.807, 2.05) is 0 Å². The Morgan fingerprint density at radius 2 is 2.50 bits per heavy atom. The zero-order valence-corrected chi connectivity index (χ0v) is 7.90. The molecule has 76 valence electrons. The number of anilines is 1. The van der Waals surface area contributed by atoms with Crippen LogP contribution in [0.5, 0.6) is 0 Å². The number of hydrogen-bond donors (Lipinski definition) is 3. The topological polar surface area (TPSA) is 88.2 Å². The summed E-state index contributed by atoms with van der Waals surface area (Å²) in [5.41, 5.74) is 6.07. The minimum atomic E-state index is -0.536. The first-order chi connectivity index (χ1) is 6.65. The van der Waals surface area contributed by atoms with Gasteiger partial charge in [-0.05, 0) is 13.0 Å². The lowest BCUT2D eigenvalue weighted by atomic mass is 10.2. The minimum absolute atomic E-state index is 0.0134. The third-order valence-electron chi connectivity index (χ3n) is 1.76. The van der Waals surface area contributed by atoms with Gasteiger partial charge in [0.05, 0.1) is 17.9 Å².